The van der Waals surface area contributed by atoms with Gasteiger partial charge in [0.1, 0.15) is 6.10 Å². The molecule has 1 rings (SSSR count). The average molecular weight is 267 g/mol. The van der Waals surface area contributed by atoms with Crippen LogP contribution in [0.3, 0.4) is 0 Å². The summed E-state index contributed by atoms with van der Waals surface area (Å²) >= 11 is 0. The predicted octanol–water partition coefficient (Wildman–Crippen LogP) is 0.406. The fourth-order valence-electron chi connectivity index (χ4n) is 1.75. The summed E-state index contributed by atoms with van der Waals surface area (Å²) in [4.78, 5) is 11.3. The van der Waals surface area contributed by atoms with E-state index in [9.17, 15) is 15.0 Å². The van der Waals surface area contributed by atoms with Gasteiger partial charge in [-0.25, -0.2) is 0 Å². The van der Waals surface area contributed by atoms with Gasteiger partial charge in [0.15, 0.2) is 0 Å². The molecule has 0 bridgehead atoms. The van der Waals surface area contributed by atoms with Gasteiger partial charge in [-0.3, -0.25) is 4.79 Å². The maximum atomic E-state index is 11.3. The molecule has 0 saturated heterocycles. The lowest BCUT2D eigenvalue weighted by Gasteiger charge is -2.18. The van der Waals surface area contributed by atoms with Crippen LogP contribution in [-0.4, -0.2) is 42.5 Å². The van der Waals surface area contributed by atoms with Gasteiger partial charge in [-0.05, 0) is 25.1 Å². The van der Waals surface area contributed by atoms with Crippen molar-refractivity contribution in [3.63, 3.8) is 0 Å². The molecule has 0 aromatic heterocycles. The molecule has 3 N–H and O–H groups in total. The van der Waals surface area contributed by atoms with Gasteiger partial charge in [0.25, 0.3) is 0 Å². The third kappa shape index (κ3) is 4.98. The Morgan fingerprint density at radius 3 is 2.47 bits per heavy atom. The summed E-state index contributed by atoms with van der Waals surface area (Å²) in [6.07, 6.45) is -1.59. The third-order valence-electron chi connectivity index (χ3n) is 2.75. The van der Waals surface area contributed by atoms with E-state index >= 15 is 0 Å². The Hall–Kier alpha value is -1.43. The third-order valence-corrected chi connectivity index (χ3v) is 2.75. The Balaban J connectivity index is 2.63. The summed E-state index contributed by atoms with van der Waals surface area (Å²) < 4.78 is 4.86. The molecule has 0 amide bonds. The molecule has 1 aromatic rings. The minimum atomic E-state index is -0.941. The second-order valence-corrected chi connectivity index (χ2v) is 4.29. The van der Waals surface area contributed by atoms with E-state index in [1.54, 1.807) is 38.2 Å². The number of esters is 1. The molecule has 5 heteroatoms. The highest BCUT2D eigenvalue weighted by Gasteiger charge is 2.17. The molecule has 19 heavy (non-hydrogen) atoms. The van der Waals surface area contributed by atoms with Crippen LogP contribution in [0.25, 0.3) is 0 Å². The first kappa shape index (κ1) is 15.6. The molecule has 0 aliphatic heterocycles. The Morgan fingerprint density at radius 1 is 1.32 bits per heavy atom. The zero-order valence-corrected chi connectivity index (χ0v) is 11.3. The summed E-state index contributed by atoms with van der Waals surface area (Å²) in [6.45, 7) is 2.44. The van der Waals surface area contributed by atoms with Crippen molar-refractivity contribution in [1.29, 1.82) is 0 Å². The highest BCUT2D eigenvalue weighted by molar-refractivity contribution is 5.72. The molecular weight excluding hydrogens is 246 g/mol. The van der Waals surface area contributed by atoms with Crippen LogP contribution >= 0.6 is 0 Å². The second kappa shape index (κ2) is 7.89. The van der Waals surface area contributed by atoms with Gasteiger partial charge in [-0.2, -0.15) is 0 Å². The Morgan fingerprint density at radius 2 is 1.95 bits per heavy atom. The van der Waals surface area contributed by atoms with Gasteiger partial charge in [-0.15, -0.1) is 0 Å². The van der Waals surface area contributed by atoms with Crippen LogP contribution in [0, 0.1) is 0 Å². The molecule has 0 heterocycles. The van der Waals surface area contributed by atoms with Crippen molar-refractivity contribution in [2.75, 3.05) is 20.2 Å². The number of hydrogen-bond donors (Lipinski definition) is 3. The molecule has 0 fully saturated rings. The smallest absolute Gasteiger partial charge is 0.310 e. The molecule has 0 saturated carbocycles. The van der Waals surface area contributed by atoms with Crippen molar-refractivity contribution in [1.82, 2.24) is 5.32 Å². The van der Waals surface area contributed by atoms with Crippen molar-refractivity contribution >= 4 is 5.97 Å². The van der Waals surface area contributed by atoms with Gasteiger partial charge in [0.2, 0.25) is 0 Å². The minimum absolute atomic E-state index is 0.212. The number of aliphatic hydroxyl groups is 2. The molecule has 106 valence electrons. The van der Waals surface area contributed by atoms with E-state index in [0.717, 1.165) is 5.56 Å². The summed E-state index contributed by atoms with van der Waals surface area (Å²) in [5.41, 5.74) is 1.44. The largest absolute Gasteiger partial charge is 0.466 e. The fourth-order valence-corrected chi connectivity index (χ4v) is 1.75. The van der Waals surface area contributed by atoms with Crippen LogP contribution in [0.4, 0.5) is 0 Å². The number of benzene rings is 1. The van der Waals surface area contributed by atoms with Crippen LogP contribution in [0.5, 0.6) is 0 Å². The molecule has 0 aliphatic carbocycles. The van der Waals surface area contributed by atoms with E-state index in [1.165, 1.54) is 0 Å². The summed E-state index contributed by atoms with van der Waals surface area (Å²) in [7, 11) is 1.71. The topological polar surface area (TPSA) is 78.8 Å². The van der Waals surface area contributed by atoms with E-state index in [4.69, 9.17) is 4.74 Å². The molecule has 0 aliphatic rings. The van der Waals surface area contributed by atoms with Crippen LogP contribution in [0.2, 0.25) is 0 Å². The standard InChI is InChI=1S/C14H21NO4/c1-3-19-13(17)8-10-4-6-11(7-5-10)14(18)12(16)9-15-2/h4-7,12,14-16,18H,3,8-9H2,1-2H3. The molecule has 0 spiro atoms. The maximum absolute atomic E-state index is 11.3. The van der Waals surface area contributed by atoms with E-state index in [0.29, 0.717) is 18.7 Å². The average Bonchev–Trinajstić information content (AvgIpc) is 2.39. The molecule has 5 nitrogen and oxygen atoms in total. The number of ether oxygens (including phenoxy) is 1. The number of carbonyl (C=O) groups excluding carboxylic acids is 1. The highest BCUT2D eigenvalue weighted by Crippen LogP contribution is 2.17. The lowest BCUT2D eigenvalue weighted by atomic mass is 10.0. The van der Waals surface area contributed by atoms with Gasteiger partial charge in [-0.1, -0.05) is 24.3 Å². The van der Waals surface area contributed by atoms with E-state index in [1.807, 2.05) is 0 Å². The molecule has 0 radical (unpaired) electrons. The Kier molecular flexibility index (Phi) is 6.49. The van der Waals surface area contributed by atoms with Crippen molar-refractivity contribution in [2.45, 2.75) is 25.6 Å². The van der Waals surface area contributed by atoms with Crippen molar-refractivity contribution in [3.8, 4) is 0 Å². The first-order valence-electron chi connectivity index (χ1n) is 6.33. The lowest BCUT2D eigenvalue weighted by molar-refractivity contribution is -0.142. The Bertz CT molecular complexity index is 391. The summed E-state index contributed by atoms with van der Waals surface area (Å²) in [6, 6.07) is 6.92. The second-order valence-electron chi connectivity index (χ2n) is 4.29. The fraction of sp³-hybridized carbons (Fsp3) is 0.500. The lowest BCUT2D eigenvalue weighted by Crippen LogP contribution is -2.29. The normalized spacial score (nSPS) is 13.9. The van der Waals surface area contributed by atoms with Gasteiger partial charge in [0, 0.05) is 6.54 Å². The number of rotatable bonds is 7. The number of aliphatic hydroxyl groups excluding tert-OH is 2. The zero-order chi connectivity index (χ0) is 14.3. The van der Waals surface area contributed by atoms with Crippen LogP contribution in [0.15, 0.2) is 24.3 Å². The molecule has 2 unspecified atom stereocenters. The first-order valence-corrected chi connectivity index (χ1v) is 6.33. The highest BCUT2D eigenvalue weighted by atomic mass is 16.5. The quantitative estimate of drug-likeness (QED) is 0.623. The van der Waals surface area contributed by atoms with Crippen molar-refractivity contribution in [2.24, 2.45) is 0 Å². The number of likely N-dealkylation sites (N-methyl/N-ethyl adjacent to an activating group) is 1. The van der Waals surface area contributed by atoms with Gasteiger partial charge >= 0.3 is 5.97 Å². The SMILES string of the molecule is CCOC(=O)Cc1ccc(C(O)C(O)CNC)cc1. The van der Waals surface area contributed by atoms with Crippen LogP contribution < -0.4 is 5.32 Å². The number of hydrogen-bond acceptors (Lipinski definition) is 5. The maximum Gasteiger partial charge on any atom is 0.310 e. The number of carbonyl (C=O) groups is 1. The van der Waals surface area contributed by atoms with E-state index < -0.39 is 12.2 Å². The Labute approximate surface area is 113 Å². The van der Waals surface area contributed by atoms with Crippen LogP contribution in [0.1, 0.15) is 24.2 Å². The summed E-state index contributed by atoms with van der Waals surface area (Å²) in [5.74, 6) is -0.272. The van der Waals surface area contributed by atoms with Crippen molar-refractivity contribution in [3.05, 3.63) is 35.4 Å². The predicted molar refractivity (Wildman–Crippen MR) is 71.7 cm³/mol. The molecular formula is C14H21NO4. The molecule has 1 aromatic carbocycles. The van der Waals surface area contributed by atoms with Crippen LogP contribution in [-0.2, 0) is 16.0 Å². The first-order chi connectivity index (χ1) is 9.08. The van der Waals surface area contributed by atoms with Crippen molar-refractivity contribution < 1.29 is 19.7 Å². The molecule has 2 atom stereocenters. The van der Waals surface area contributed by atoms with E-state index in [-0.39, 0.29) is 12.4 Å². The zero-order valence-electron chi connectivity index (χ0n) is 11.3. The monoisotopic (exact) mass is 267 g/mol. The number of nitrogens with one attached hydrogen (secondary N) is 1. The summed E-state index contributed by atoms with van der Waals surface area (Å²) in [5, 5.41) is 22.4. The van der Waals surface area contributed by atoms with Gasteiger partial charge in [0.05, 0.1) is 19.1 Å². The van der Waals surface area contributed by atoms with E-state index in [2.05, 4.69) is 5.32 Å². The minimum Gasteiger partial charge on any atom is -0.466 e. The van der Waals surface area contributed by atoms with Gasteiger partial charge < -0.3 is 20.3 Å².